The van der Waals surface area contributed by atoms with E-state index in [2.05, 4.69) is 12.6 Å². The lowest BCUT2D eigenvalue weighted by molar-refractivity contribution is 0.351. The monoisotopic (exact) mass is 244 g/mol. The molecule has 0 saturated carbocycles. The van der Waals surface area contributed by atoms with Gasteiger partial charge >= 0.3 is 0 Å². The Hall–Kier alpha value is -0.900. The zero-order valence-corrected chi connectivity index (χ0v) is 10.7. The molecule has 1 aromatic rings. The van der Waals surface area contributed by atoms with Gasteiger partial charge in [-0.15, -0.1) is 0 Å². The molecule has 0 radical (unpaired) electrons. The van der Waals surface area contributed by atoms with Gasteiger partial charge in [-0.1, -0.05) is 6.92 Å². The Morgan fingerprint density at radius 2 is 1.81 bits per heavy atom. The standard InChI is InChI=1S/C12H17FO2S/c1-8(4-5-16)9-6-11(14-2)12(15-3)7-10(9)13/h6-8,16H,4-5H2,1-3H3. The van der Waals surface area contributed by atoms with Crippen LogP contribution in [0.5, 0.6) is 11.5 Å². The summed E-state index contributed by atoms with van der Waals surface area (Å²) in [4.78, 5) is 0. The van der Waals surface area contributed by atoms with Crippen LogP contribution in [0.2, 0.25) is 0 Å². The van der Waals surface area contributed by atoms with Crippen molar-refractivity contribution in [2.24, 2.45) is 0 Å². The van der Waals surface area contributed by atoms with Gasteiger partial charge < -0.3 is 9.47 Å². The minimum absolute atomic E-state index is 0.123. The summed E-state index contributed by atoms with van der Waals surface area (Å²) in [5.74, 6) is 1.57. The molecule has 16 heavy (non-hydrogen) atoms. The van der Waals surface area contributed by atoms with Crippen LogP contribution in [0.15, 0.2) is 12.1 Å². The SMILES string of the molecule is COc1cc(F)c(C(C)CCS)cc1OC. The van der Waals surface area contributed by atoms with E-state index in [0.717, 1.165) is 12.2 Å². The zero-order valence-electron chi connectivity index (χ0n) is 9.79. The molecule has 0 saturated heterocycles. The third kappa shape index (κ3) is 2.82. The lowest BCUT2D eigenvalue weighted by Crippen LogP contribution is -2.01. The third-order valence-corrected chi connectivity index (χ3v) is 2.85. The van der Waals surface area contributed by atoms with E-state index in [1.807, 2.05) is 6.92 Å². The maximum Gasteiger partial charge on any atom is 0.163 e. The average Bonchev–Trinajstić information content (AvgIpc) is 2.28. The summed E-state index contributed by atoms with van der Waals surface area (Å²) in [6.07, 6.45) is 0.829. The molecule has 0 spiro atoms. The lowest BCUT2D eigenvalue weighted by atomic mass is 9.97. The minimum Gasteiger partial charge on any atom is -0.493 e. The van der Waals surface area contributed by atoms with Crippen molar-refractivity contribution in [3.63, 3.8) is 0 Å². The molecule has 0 heterocycles. The molecule has 0 bridgehead atoms. The fourth-order valence-electron chi connectivity index (χ4n) is 1.60. The van der Waals surface area contributed by atoms with E-state index >= 15 is 0 Å². The molecular weight excluding hydrogens is 227 g/mol. The maximum absolute atomic E-state index is 13.8. The number of hydrogen-bond acceptors (Lipinski definition) is 3. The van der Waals surface area contributed by atoms with E-state index in [1.54, 1.807) is 13.2 Å². The smallest absolute Gasteiger partial charge is 0.163 e. The first-order chi connectivity index (χ1) is 7.63. The van der Waals surface area contributed by atoms with Crippen LogP contribution in [0.25, 0.3) is 0 Å². The van der Waals surface area contributed by atoms with E-state index in [1.165, 1.54) is 13.2 Å². The van der Waals surface area contributed by atoms with Gasteiger partial charge in [-0.3, -0.25) is 0 Å². The van der Waals surface area contributed by atoms with Gasteiger partial charge in [0.1, 0.15) is 5.82 Å². The summed E-state index contributed by atoms with van der Waals surface area (Å²) in [5, 5.41) is 0. The predicted octanol–water partition coefficient (Wildman–Crippen LogP) is 3.27. The van der Waals surface area contributed by atoms with Crippen molar-refractivity contribution < 1.29 is 13.9 Å². The second-order valence-corrected chi connectivity index (χ2v) is 4.09. The van der Waals surface area contributed by atoms with Gasteiger partial charge in [0.2, 0.25) is 0 Å². The molecule has 4 heteroatoms. The molecule has 0 fully saturated rings. The summed E-state index contributed by atoms with van der Waals surface area (Å²) in [7, 11) is 3.04. The number of rotatable bonds is 5. The van der Waals surface area contributed by atoms with Crippen molar-refractivity contribution in [3.8, 4) is 11.5 Å². The van der Waals surface area contributed by atoms with Gasteiger partial charge in [0, 0.05) is 6.07 Å². The molecule has 90 valence electrons. The number of hydrogen-bond donors (Lipinski definition) is 1. The molecule has 1 rings (SSSR count). The van der Waals surface area contributed by atoms with Crippen molar-refractivity contribution in [2.45, 2.75) is 19.3 Å². The molecule has 1 unspecified atom stereocenters. The molecule has 0 aromatic heterocycles. The second kappa shape index (κ2) is 5.99. The van der Waals surface area contributed by atoms with Crippen LogP contribution < -0.4 is 9.47 Å². The van der Waals surface area contributed by atoms with Crippen LogP contribution in [0.1, 0.15) is 24.8 Å². The number of ether oxygens (including phenoxy) is 2. The lowest BCUT2D eigenvalue weighted by Gasteiger charge is -2.15. The third-order valence-electron chi connectivity index (χ3n) is 2.60. The number of thiol groups is 1. The molecule has 0 aliphatic rings. The van der Waals surface area contributed by atoms with Crippen molar-refractivity contribution in [1.82, 2.24) is 0 Å². The van der Waals surface area contributed by atoms with Crippen molar-refractivity contribution in [3.05, 3.63) is 23.5 Å². The summed E-state index contributed by atoms with van der Waals surface area (Å²) < 4.78 is 23.9. The summed E-state index contributed by atoms with van der Waals surface area (Å²) in [6.45, 7) is 1.97. The molecule has 0 N–H and O–H groups in total. The van der Waals surface area contributed by atoms with E-state index in [9.17, 15) is 4.39 Å². The Labute approximate surface area is 101 Å². The highest BCUT2D eigenvalue weighted by Gasteiger charge is 2.15. The van der Waals surface area contributed by atoms with Gasteiger partial charge in [-0.2, -0.15) is 12.6 Å². The number of methoxy groups -OCH3 is 2. The molecular formula is C12H17FO2S. The van der Waals surface area contributed by atoms with E-state index < -0.39 is 0 Å². The van der Waals surface area contributed by atoms with Gasteiger partial charge in [-0.05, 0) is 29.7 Å². The number of halogens is 1. The summed E-state index contributed by atoms with van der Waals surface area (Å²) >= 11 is 4.15. The first kappa shape index (κ1) is 13.2. The molecule has 0 aliphatic carbocycles. The van der Waals surface area contributed by atoms with Gasteiger partial charge in [-0.25, -0.2) is 4.39 Å². The fraction of sp³-hybridized carbons (Fsp3) is 0.500. The Morgan fingerprint density at radius 3 is 2.31 bits per heavy atom. The summed E-state index contributed by atoms with van der Waals surface area (Å²) in [6, 6.07) is 3.06. The van der Waals surface area contributed by atoms with Crippen LogP contribution in [-0.4, -0.2) is 20.0 Å². The van der Waals surface area contributed by atoms with Gasteiger partial charge in [0.05, 0.1) is 14.2 Å². The van der Waals surface area contributed by atoms with E-state index in [0.29, 0.717) is 17.1 Å². The maximum atomic E-state index is 13.8. The van der Waals surface area contributed by atoms with E-state index in [-0.39, 0.29) is 11.7 Å². The molecule has 1 aromatic carbocycles. The van der Waals surface area contributed by atoms with Crippen LogP contribution in [0.4, 0.5) is 4.39 Å². The first-order valence-electron chi connectivity index (χ1n) is 5.16. The molecule has 1 atom stereocenters. The highest BCUT2D eigenvalue weighted by Crippen LogP contribution is 2.33. The minimum atomic E-state index is -0.257. The van der Waals surface area contributed by atoms with Crippen LogP contribution in [0.3, 0.4) is 0 Å². The topological polar surface area (TPSA) is 18.5 Å². The van der Waals surface area contributed by atoms with Gasteiger partial charge in [0.15, 0.2) is 11.5 Å². The molecule has 0 aliphatic heterocycles. The van der Waals surface area contributed by atoms with Crippen molar-refractivity contribution in [2.75, 3.05) is 20.0 Å². The number of benzene rings is 1. The molecule has 2 nitrogen and oxygen atoms in total. The van der Waals surface area contributed by atoms with Crippen LogP contribution >= 0.6 is 12.6 Å². The Bertz CT molecular complexity index is 355. The Kier molecular flexibility index (Phi) is 4.93. The largest absolute Gasteiger partial charge is 0.493 e. The fourth-order valence-corrected chi connectivity index (χ4v) is 1.98. The highest BCUT2D eigenvalue weighted by molar-refractivity contribution is 7.80. The van der Waals surface area contributed by atoms with Crippen molar-refractivity contribution >= 4 is 12.6 Å². The summed E-state index contributed by atoms with van der Waals surface area (Å²) in [5.41, 5.74) is 0.645. The van der Waals surface area contributed by atoms with E-state index in [4.69, 9.17) is 9.47 Å². The Balaban J connectivity index is 3.10. The van der Waals surface area contributed by atoms with Crippen LogP contribution in [0, 0.1) is 5.82 Å². The highest BCUT2D eigenvalue weighted by atomic mass is 32.1. The normalized spacial score (nSPS) is 12.3. The average molecular weight is 244 g/mol. The van der Waals surface area contributed by atoms with Crippen LogP contribution in [-0.2, 0) is 0 Å². The van der Waals surface area contributed by atoms with Crippen molar-refractivity contribution in [1.29, 1.82) is 0 Å². The first-order valence-corrected chi connectivity index (χ1v) is 5.79. The second-order valence-electron chi connectivity index (χ2n) is 3.64. The van der Waals surface area contributed by atoms with Gasteiger partial charge in [0.25, 0.3) is 0 Å². The predicted molar refractivity (Wildman–Crippen MR) is 66.4 cm³/mol. The molecule has 0 amide bonds. The zero-order chi connectivity index (χ0) is 12.1. The quantitative estimate of drug-likeness (QED) is 0.801. The Morgan fingerprint density at radius 1 is 1.25 bits per heavy atom.